The van der Waals surface area contributed by atoms with Gasteiger partial charge < -0.3 is 5.73 Å². The molecular formula is C14H23N3. The van der Waals surface area contributed by atoms with Crippen LogP contribution in [0.1, 0.15) is 30.9 Å². The molecule has 17 heavy (non-hydrogen) atoms. The Bertz CT molecular complexity index is 373. The van der Waals surface area contributed by atoms with Gasteiger partial charge in [-0.3, -0.25) is 10.3 Å². The van der Waals surface area contributed by atoms with Crippen LogP contribution in [0.4, 0.5) is 0 Å². The predicted molar refractivity (Wildman–Crippen MR) is 73.3 cm³/mol. The van der Waals surface area contributed by atoms with Gasteiger partial charge in [-0.25, -0.2) is 0 Å². The van der Waals surface area contributed by atoms with Crippen molar-refractivity contribution in [3.05, 3.63) is 35.4 Å². The van der Waals surface area contributed by atoms with Gasteiger partial charge in [0.25, 0.3) is 0 Å². The van der Waals surface area contributed by atoms with Gasteiger partial charge in [0.15, 0.2) is 0 Å². The topological polar surface area (TPSA) is 53.1 Å². The lowest BCUT2D eigenvalue weighted by Gasteiger charge is -2.26. The van der Waals surface area contributed by atoms with Crippen molar-refractivity contribution in [1.82, 2.24) is 4.90 Å². The molecule has 0 aliphatic rings. The van der Waals surface area contributed by atoms with Crippen molar-refractivity contribution in [2.24, 2.45) is 5.73 Å². The average molecular weight is 233 g/mol. The maximum atomic E-state index is 7.39. The van der Waals surface area contributed by atoms with Gasteiger partial charge in [-0.1, -0.05) is 36.8 Å². The van der Waals surface area contributed by atoms with E-state index in [0.717, 1.165) is 13.0 Å². The summed E-state index contributed by atoms with van der Waals surface area (Å²) < 4.78 is 0. The Morgan fingerprint density at radius 1 is 1.47 bits per heavy atom. The van der Waals surface area contributed by atoms with E-state index in [9.17, 15) is 0 Å². The van der Waals surface area contributed by atoms with Crippen LogP contribution in [0.25, 0.3) is 0 Å². The summed E-state index contributed by atoms with van der Waals surface area (Å²) in [5, 5.41) is 7.39. The molecule has 0 amide bonds. The standard InChI is InChI=1S/C14H23N3/c1-4-13(9-14(15)16)17(3)10-12-7-5-6-11(2)8-12/h5-8,13H,4,9-10H2,1-3H3,(H3,15,16). The van der Waals surface area contributed by atoms with Gasteiger partial charge >= 0.3 is 0 Å². The van der Waals surface area contributed by atoms with Crippen LogP contribution in [-0.2, 0) is 6.54 Å². The molecule has 1 rings (SSSR count). The normalized spacial score (nSPS) is 12.7. The Labute approximate surface area is 104 Å². The van der Waals surface area contributed by atoms with Gasteiger partial charge in [0.2, 0.25) is 0 Å². The summed E-state index contributed by atoms with van der Waals surface area (Å²) in [4.78, 5) is 2.27. The molecule has 0 aliphatic carbocycles. The van der Waals surface area contributed by atoms with Crippen molar-refractivity contribution in [3.8, 4) is 0 Å². The fraction of sp³-hybridized carbons (Fsp3) is 0.500. The van der Waals surface area contributed by atoms with E-state index in [-0.39, 0.29) is 5.84 Å². The molecule has 1 atom stereocenters. The van der Waals surface area contributed by atoms with Gasteiger partial charge in [0.05, 0.1) is 5.84 Å². The lowest BCUT2D eigenvalue weighted by molar-refractivity contribution is 0.232. The molecule has 0 spiro atoms. The van der Waals surface area contributed by atoms with Crippen LogP contribution < -0.4 is 5.73 Å². The van der Waals surface area contributed by atoms with Gasteiger partial charge in [0, 0.05) is 19.0 Å². The molecule has 0 saturated heterocycles. The fourth-order valence-electron chi connectivity index (χ4n) is 2.09. The van der Waals surface area contributed by atoms with Crippen LogP contribution in [0.3, 0.4) is 0 Å². The van der Waals surface area contributed by atoms with Crippen molar-refractivity contribution in [2.75, 3.05) is 7.05 Å². The molecule has 0 fully saturated rings. The van der Waals surface area contributed by atoms with E-state index >= 15 is 0 Å². The summed E-state index contributed by atoms with van der Waals surface area (Å²) in [5.41, 5.74) is 8.08. The third-order valence-electron chi connectivity index (χ3n) is 3.06. The smallest absolute Gasteiger partial charge is 0.0921 e. The van der Waals surface area contributed by atoms with Crippen LogP contribution in [0.5, 0.6) is 0 Å². The Kier molecular flexibility index (Phi) is 5.16. The summed E-state index contributed by atoms with van der Waals surface area (Å²) in [5.74, 6) is 0.271. The third-order valence-corrected chi connectivity index (χ3v) is 3.06. The van der Waals surface area contributed by atoms with Crippen LogP contribution in [0, 0.1) is 12.3 Å². The number of hydrogen-bond acceptors (Lipinski definition) is 2. The molecule has 0 aliphatic heterocycles. The number of hydrogen-bond donors (Lipinski definition) is 2. The van der Waals surface area contributed by atoms with Crippen molar-refractivity contribution in [1.29, 1.82) is 5.41 Å². The lowest BCUT2D eigenvalue weighted by atomic mass is 10.1. The van der Waals surface area contributed by atoms with Crippen LogP contribution >= 0.6 is 0 Å². The highest BCUT2D eigenvalue weighted by Gasteiger charge is 2.13. The lowest BCUT2D eigenvalue weighted by Crippen LogP contribution is -2.34. The quantitative estimate of drug-likeness (QED) is 0.586. The number of nitrogens with zero attached hydrogens (tertiary/aromatic N) is 1. The third kappa shape index (κ3) is 4.57. The van der Waals surface area contributed by atoms with Crippen molar-refractivity contribution in [3.63, 3.8) is 0 Å². The summed E-state index contributed by atoms with van der Waals surface area (Å²) >= 11 is 0. The summed E-state index contributed by atoms with van der Waals surface area (Å²) in [7, 11) is 2.10. The van der Waals surface area contributed by atoms with Gasteiger partial charge in [-0.15, -0.1) is 0 Å². The van der Waals surface area contributed by atoms with Crippen molar-refractivity contribution >= 4 is 5.84 Å². The van der Waals surface area contributed by atoms with Crippen LogP contribution in [0.2, 0.25) is 0 Å². The molecule has 0 aromatic heterocycles. The highest BCUT2D eigenvalue weighted by atomic mass is 15.1. The first-order chi connectivity index (χ1) is 8.02. The molecule has 0 heterocycles. The fourth-order valence-corrected chi connectivity index (χ4v) is 2.09. The highest BCUT2D eigenvalue weighted by molar-refractivity contribution is 5.77. The molecule has 0 saturated carbocycles. The minimum Gasteiger partial charge on any atom is -0.388 e. The van der Waals surface area contributed by atoms with Crippen molar-refractivity contribution < 1.29 is 0 Å². The number of amidine groups is 1. The maximum Gasteiger partial charge on any atom is 0.0921 e. The zero-order valence-corrected chi connectivity index (χ0v) is 11.0. The second-order valence-electron chi connectivity index (χ2n) is 4.70. The van der Waals surface area contributed by atoms with Gasteiger partial charge in [-0.05, 0) is 26.0 Å². The van der Waals surface area contributed by atoms with Crippen LogP contribution in [-0.4, -0.2) is 23.8 Å². The molecule has 1 aromatic rings. The summed E-state index contributed by atoms with van der Waals surface area (Å²) in [6.07, 6.45) is 1.67. The second-order valence-corrected chi connectivity index (χ2v) is 4.70. The number of nitrogens with two attached hydrogens (primary N) is 1. The molecular weight excluding hydrogens is 210 g/mol. The zero-order valence-electron chi connectivity index (χ0n) is 11.0. The van der Waals surface area contributed by atoms with E-state index in [1.165, 1.54) is 11.1 Å². The molecule has 94 valence electrons. The monoisotopic (exact) mass is 233 g/mol. The zero-order chi connectivity index (χ0) is 12.8. The first kappa shape index (κ1) is 13.7. The maximum absolute atomic E-state index is 7.39. The van der Waals surface area contributed by atoms with Gasteiger partial charge in [-0.2, -0.15) is 0 Å². The first-order valence-electron chi connectivity index (χ1n) is 6.11. The molecule has 3 heteroatoms. The Morgan fingerprint density at radius 3 is 2.71 bits per heavy atom. The molecule has 0 radical (unpaired) electrons. The second kappa shape index (κ2) is 6.40. The number of aryl methyl sites for hydroxylation is 1. The predicted octanol–water partition coefficient (Wildman–Crippen LogP) is 2.53. The Morgan fingerprint density at radius 2 is 2.18 bits per heavy atom. The largest absolute Gasteiger partial charge is 0.388 e. The molecule has 1 aromatic carbocycles. The SMILES string of the molecule is CCC(CC(=N)N)N(C)Cc1cccc(C)c1. The van der Waals surface area contributed by atoms with E-state index in [0.29, 0.717) is 12.5 Å². The molecule has 3 nitrogen and oxygen atoms in total. The van der Waals surface area contributed by atoms with E-state index < -0.39 is 0 Å². The molecule has 1 unspecified atom stereocenters. The number of rotatable bonds is 6. The van der Waals surface area contributed by atoms with E-state index in [4.69, 9.17) is 11.1 Å². The summed E-state index contributed by atoms with van der Waals surface area (Å²) in [6.45, 7) is 5.16. The molecule has 3 N–H and O–H groups in total. The average Bonchev–Trinajstić information content (AvgIpc) is 2.25. The minimum absolute atomic E-state index is 0.271. The van der Waals surface area contributed by atoms with E-state index in [1.54, 1.807) is 0 Å². The van der Waals surface area contributed by atoms with Crippen LogP contribution in [0.15, 0.2) is 24.3 Å². The minimum atomic E-state index is 0.271. The van der Waals surface area contributed by atoms with Crippen molar-refractivity contribution in [2.45, 2.75) is 39.3 Å². The Hall–Kier alpha value is -1.35. The van der Waals surface area contributed by atoms with E-state index in [2.05, 4.69) is 50.1 Å². The van der Waals surface area contributed by atoms with Gasteiger partial charge in [0.1, 0.15) is 0 Å². The number of nitrogens with one attached hydrogen (secondary N) is 1. The summed E-state index contributed by atoms with van der Waals surface area (Å²) in [6, 6.07) is 8.90. The Balaban J connectivity index is 2.63. The van der Waals surface area contributed by atoms with E-state index in [1.807, 2.05) is 0 Å². The highest BCUT2D eigenvalue weighted by Crippen LogP contribution is 2.12. The number of benzene rings is 1. The molecule has 0 bridgehead atoms. The first-order valence-corrected chi connectivity index (χ1v) is 6.11.